The number of likely N-dealkylation sites (N-methyl/N-ethyl adjacent to an activating group) is 1. The van der Waals surface area contributed by atoms with Gasteiger partial charge in [0.2, 0.25) is 0 Å². The van der Waals surface area contributed by atoms with Crippen LogP contribution >= 0.6 is 0 Å². The summed E-state index contributed by atoms with van der Waals surface area (Å²) in [6, 6.07) is 0. The number of carbonyl (C=O) groups excluding carboxylic acids is 1. The van der Waals surface area contributed by atoms with Gasteiger partial charge in [-0.1, -0.05) is 26.2 Å². The molecule has 0 radical (unpaired) electrons. The molecule has 0 aromatic rings. The second kappa shape index (κ2) is 8.07. The monoisotopic (exact) mass is 233 g/mol. The molecule has 1 unspecified atom stereocenters. The molecule has 94 valence electrons. The largest absolute Gasteiger partial charge is 0.480 e. The molecule has 0 bridgehead atoms. The Bertz CT molecular complexity index is 233. The normalized spacial score (nSPS) is 12.2. The van der Waals surface area contributed by atoms with Crippen molar-refractivity contribution in [2.45, 2.75) is 45.7 Å². The lowest BCUT2D eigenvalue weighted by molar-refractivity contribution is -0.146. The topological polar surface area (TPSA) is 57.6 Å². The van der Waals surface area contributed by atoms with Gasteiger partial charge in [0.25, 0.3) is 5.91 Å². The molecule has 5 heteroatoms. The number of alkyl halides is 1. The van der Waals surface area contributed by atoms with E-state index in [-0.39, 0.29) is 13.0 Å². The van der Waals surface area contributed by atoms with Crippen LogP contribution < -0.4 is 0 Å². The maximum absolute atomic E-state index is 13.4. The maximum atomic E-state index is 13.4. The van der Waals surface area contributed by atoms with Gasteiger partial charge in [0, 0.05) is 6.54 Å². The van der Waals surface area contributed by atoms with Crippen LogP contribution in [0.3, 0.4) is 0 Å². The van der Waals surface area contributed by atoms with Crippen LogP contribution in [0, 0.1) is 0 Å². The van der Waals surface area contributed by atoms with Crippen LogP contribution in [0.2, 0.25) is 0 Å². The highest BCUT2D eigenvalue weighted by Crippen LogP contribution is 2.09. The van der Waals surface area contributed by atoms with Crippen molar-refractivity contribution in [3.63, 3.8) is 0 Å². The van der Waals surface area contributed by atoms with Gasteiger partial charge in [0.15, 0.2) is 6.17 Å². The van der Waals surface area contributed by atoms with E-state index in [1.165, 1.54) is 0 Å². The van der Waals surface area contributed by atoms with Crippen LogP contribution in [0.1, 0.15) is 39.5 Å². The molecule has 0 aromatic heterocycles. The number of carboxylic acid groups (broad SMARTS) is 1. The molecule has 4 nitrogen and oxygen atoms in total. The molecule has 0 aromatic carbocycles. The summed E-state index contributed by atoms with van der Waals surface area (Å²) in [5.74, 6) is -1.82. The summed E-state index contributed by atoms with van der Waals surface area (Å²) in [5, 5.41) is 8.54. The molecular weight excluding hydrogens is 213 g/mol. The number of amides is 1. The highest BCUT2D eigenvalue weighted by Gasteiger charge is 2.23. The lowest BCUT2D eigenvalue weighted by Crippen LogP contribution is -2.40. The first kappa shape index (κ1) is 14.9. The molecule has 0 aliphatic heterocycles. The van der Waals surface area contributed by atoms with Crippen LogP contribution in [-0.2, 0) is 9.59 Å². The highest BCUT2D eigenvalue weighted by atomic mass is 19.1. The SMILES string of the molecule is CCCCCC(F)C(=O)N(CC)CC(=O)O. The number of hydrogen-bond donors (Lipinski definition) is 1. The third kappa shape index (κ3) is 5.68. The molecule has 0 aliphatic carbocycles. The quantitative estimate of drug-likeness (QED) is 0.651. The highest BCUT2D eigenvalue weighted by molar-refractivity contribution is 5.84. The summed E-state index contributed by atoms with van der Waals surface area (Å²) in [5.41, 5.74) is 0. The standard InChI is InChI=1S/C11H20FNO3/c1-3-5-6-7-9(12)11(16)13(4-2)8-10(14)15/h9H,3-8H2,1-2H3,(H,14,15). The Balaban J connectivity index is 4.11. The van der Waals surface area contributed by atoms with Crippen molar-refractivity contribution in [1.82, 2.24) is 4.90 Å². The molecule has 1 atom stereocenters. The summed E-state index contributed by atoms with van der Waals surface area (Å²) < 4.78 is 13.4. The average Bonchev–Trinajstić information content (AvgIpc) is 2.24. The fraction of sp³-hybridized carbons (Fsp3) is 0.818. The van der Waals surface area contributed by atoms with Crippen molar-refractivity contribution in [3.8, 4) is 0 Å². The molecule has 0 saturated heterocycles. The number of aliphatic carboxylic acids is 1. The summed E-state index contributed by atoms with van der Waals surface area (Å²) in [4.78, 5) is 23.0. The Morgan fingerprint density at radius 3 is 2.38 bits per heavy atom. The van der Waals surface area contributed by atoms with Gasteiger partial charge in [0.1, 0.15) is 6.54 Å². The summed E-state index contributed by atoms with van der Waals surface area (Å²) in [6.07, 6.45) is 1.13. The average molecular weight is 233 g/mol. The minimum Gasteiger partial charge on any atom is -0.480 e. The molecule has 1 amide bonds. The van der Waals surface area contributed by atoms with E-state index in [0.29, 0.717) is 6.42 Å². The van der Waals surface area contributed by atoms with Crippen LogP contribution in [-0.4, -0.2) is 41.1 Å². The van der Waals surface area contributed by atoms with Crippen molar-refractivity contribution in [2.24, 2.45) is 0 Å². The summed E-state index contributed by atoms with van der Waals surface area (Å²) >= 11 is 0. The fourth-order valence-corrected chi connectivity index (χ4v) is 1.40. The molecule has 0 fully saturated rings. The van der Waals surface area contributed by atoms with Gasteiger partial charge in [-0.3, -0.25) is 9.59 Å². The van der Waals surface area contributed by atoms with Gasteiger partial charge in [-0.25, -0.2) is 4.39 Å². The van der Waals surface area contributed by atoms with Gasteiger partial charge in [-0.05, 0) is 13.3 Å². The Labute approximate surface area is 95.4 Å². The molecule has 0 aliphatic rings. The summed E-state index contributed by atoms with van der Waals surface area (Å²) in [6.45, 7) is 3.43. The van der Waals surface area contributed by atoms with Gasteiger partial charge in [-0.2, -0.15) is 0 Å². The van der Waals surface area contributed by atoms with Crippen molar-refractivity contribution >= 4 is 11.9 Å². The molecule has 0 spiro atoms. The Hall–Kier alpha value is -1.13. The fourth-order valence-electron chi connectivity index (χ4n) is 1.40. The Kier molecular flexibility index (Phi) is 7.50. The number of unbranched alkanes of at least 4 members (excludes halogenated alkanes) is 2. The molecule has 0 heterocycles. The first-order valence-electron chi connectivity index (χ1n) is 5.67. The van der Waals surface area contributed by atoms with Crippen LogP contribution in [0.25, 0.3) is 0 Å². The predicted octanol–water partition coefficient (Wildman–Crippen LogP) is 1.84. The second-order valence-corrected chi connectivity index (χ2v) is 3.71. The minimum atomic E-state index is -1.56. The van der Waals surface area contributed by atoms with E-state index in [4.69, 9.17) is 5.11 Å². The van der Waals surface area contributed by atoms with Crippen LogP contribution in [0.4, 0.5) is 4.39 Å². The molecule has 0 saturated carbocycles. The van der Waals surface area contributed by atoms with E-state index in [1.807, 2.05) is 6.92 Å². The third-order valence-corrected chi connectivity index (χ3v) is 2.35. The number of carbonyl (C=O) groups is 2. The predicted molar refractivity (Wildman–Crippen MR) is 58.9 cm³/mol. The lowest BCUT2D eigenvalue weighted by atomic mass is 10.1. The van der Waals surface area contributed by atoms with E-state index >= 15 is 0 Å². The van der Waals surface area contributed by atoms with E-state index in [1.54, 1.807) is 6.92 Å². The van der Waals surface area contributed by atoms with E-state index < -0.39 is 24.6 Å². The van der Waals surface area contributed by atoms with E-state index in [0.717, 1.165) is 17.7 Å². The Morgan fingerprint density at radius 2 is 1.94 bits per heavy atom. The smallest absolute Gasteiger partial charge is 0.323 e. The number of halogens is 1. The molecular formula is C11H20FNO3. The minimum absolute atomic E-state index is 0.183. The maximum Gasteiger partial charge on any atom is 0.323 e. The Morgan fingerprint density at radius 1 is 1.31 bits per heavy atom. The molecule has 0 rings (SSSR count). The molecule has 1 N–H and O–H groups in total. The van der Waals surface area contributed by atoms with Gasteiger partial charge in [0.05, 0.1) is 0 Å². The second-order valence-electron chi connectivity index (χ2n) is 3.71. The zero-order valence-electron chi connectivity index (χ0n) is 9.91. The number of nitrogens with zero attached hydrogens (tertiary/aromatic N) is 1. The number of hydrogen-bond acceptors (Lipinski definition) is 2. The zero-order valence-corrected chi connectivity index (χ0v) is 9.91. The first-order chi connectivity index (χ1) is 7.52. The van der Waals surface area contributed by atoms with Crippen molar-refractivity contribution in [2.75, 3.05) is 13.1 Å². The van der Waals surface area contributed by atoms with Crippen molar-refractivity contribution in [1.29, 1.82) is 0 Å². The third-order valence-electron chi connectivity index (χ3n) is 2.35. The van der Waals surface area contributed by atoms with Crippen LogP contribution in [0.15, 0.2) is 0 Å². The molecule has 16 heavy (non-hydrogen) atoms. The van der Waals surface area contributed by atoms with E-state index in [9.17, 15) is 14.0 Å². The van der Waals surface area contributed by atoms with Crippen molar-refractivity contribution < 1.29 is 19.1 Å². The van der Waals surface area contributed by atoms with E-state index in [2.05, 4.69) is 0 Å². The lowest BCUT2D eigenvalue weighted by Gasteiger charge is -2.20. The van der Waals surface area contributed by atoms with Gasteiger partial charge >= 0.3 is 5.97 Å². The number of rotatable bonds is 8. The zero-order chi connectivity index (χ0) is 12.6. The van der Waals surface area contributed by atoms with Crippen LogP contribution in [0.5, 0.6) is 0 Å². The van der Waals surface area contributed by atoms with Gasteiger partial charge in [-0.15, -0.1) is 0 Å². The number of carboxylic acids is 1. The van der Waals surface area contributed by atoms with Gasteiger partial charge < -0.3 is 10.0 Å². The first-order valence-corrected chi connectivity index (χ1v) is 5.67. The van der Waals surface area contributed by atoms with Crippen molar-refractivity contribution in [3.05, 3.63) is 0 Å². The summed E-state index contributed by atoms with van der Waals surface area (Å²) in [7, 11) is 0.